The molecule has 0 amide bonds. The molecule has 3 aromatic rings. The van der Waals surface area contributed by atoms with E-state index in [0.717, 1.165) is 63.7 Å². The molecule has 1 aromatic heterocycles. The van der Waals surface area contributed by atoms with Crippen molar-refractivity contribution in [1.29, 1.82) is 0 Å². The van der Waals surface area contributed by atoms with Gasteiger partial charge in [-0.15, -0.1) is 0 Å². The Labute approximate surface area is 217 Å². The van der Waals surface area contributed by atoms with Crippen molar-refractivity contribution in [2.75, 3.05) is 26.3 Å². The van der Waals surface area contributed by atoms with Gasteiger partial charge >= 0.3 is 0 Å². The van der Waals surface area contributed by atoms with Gasteiger partial charge < -0.3 is 25.3 Å². The summed E-state index contributed by atoms with van der Waals surface area (Å²) in [4.78, 5) is 14.3. The predicted octanol–water partition coefficient (Wildman–Crippen LogP) is 3.10. The summed E-state index contributed by atoms with van der Waals surface area (Å²) >= 11 is 0. The van der Waals surface area contributed by atoms with Crippen LogP contribution in [0.4, 0.5) is 0 Å². The van der Waals surface area contributed by atoms with Crippen LogP contribution >= 0.6 is 0 Å². The minimum atomic E-state index is -3.66. The number of sulfonamides is 1. The van der Waals surface area contributed by atoms with Crippen molar-refractivity contribution in [1.82, 2.24) is 10.3 Å². The van der Waals surface area contributed by atoms with E-state index in [1.165, 1.54) is 18.2 Å². The van der Waals surface area contributed by atoms with Crippen molar-refractivity contribution in [2.45, 2.75) is 55.9 Å². The zero-order chi connectivity index (χ0) is 26.7. The summed E-state index contributed by atoms with van der Waals surface area (Å²) in [6.07, 6.45) is 6.00. The number of aromatic nitrogens is 1. The molecule has 0 aliphatic carbocycles. The molecule has 0 saturated carbocycles. The second kappa shape index (κ2) is 14.3. The van der Waals surface area contributed by atoms with E-state index in [-0.39, 0.29) is 16.2 Å². The van der Waals surface area contributed by atoms with E-state index < -0.39 is 16.1 Å². The fourth-order valence-corrected chi connectivity index (χ4v) is 4.80. The van der Waals surface area contributed by atoms with Gasteiger partial charge in [0.05, 0.1) is 16.5 Å². The number of hydrogen-bond donors (Lipinski definition) is 5. The molecule has 0 fully saturated rings. The number of rotatable bonds is 16. The van der Waals surface area contributed by atoms with Crippen LogP contribution in [0.25, 0.3) is 10.9 Å². The number of aromatic hydroxyl groups is 1. The van der Waals surface area contributed by atoms with Crippen LogP contribution in [0.15, 0.2) is 58.2 Å². The van der Waals surface area contributed by atoms with Gasteiger partial charge in [-0.3, -0.25) is 4.79 Å². The molecule has 202 valence electrons. The summed E-state index contributed by atoms with van der Waals surface area (Å²) in [6.45, 7) is 2.59. The summed E-state index contributed by atoms with van der Waals surface area (Å²) in [7, 11) is -3.66. The maximum atomic E-state index is 11.5. The number of hydrogen-bond acceptors (Lipinski definition) is 7. The molecule has 1 heterocycles. The van der Waals surface area contributed by atoms with Gasteiger partial charge in [-0.2, -0.15) is 0 Å². The van der Waals surface area contributed by atoms with Crippen LogP contribution in [0.2, 0.25) is 0 Å². The molecule has 0 spiro atoms. The highest BCUT2D eigenvalue weighted by Gasteiger charge is 2.13. The smallest absolute Gasteiger partial charge is 0.248 e. The Bertz CT molecular complexity index is 1310. The lowest BCUT2D eigenvalue weighted by Gasteiger charge is -2.15. The Balaban J connectivity index is 1.20. The van der Waals surface area contributed by atoms with Crippen molar-refractivity contribution in [3.8, 4) is 5.75 Å². The highest BCUT2D eigenvalue weighted by atomic mass is 32.2. The number of H-pyrrole nitrogens is 1. The lowest BCUT2D eigenvalue weighted by atomic mass is 10.0. The fraction of sp³-hybridized carbons (Fsp3) is 0.444. The zero-order valence-electron chi connectivity index (χ0n) is 21.0. The Morgan fingerprint density at radius 3 is 2.51 bits per heavy atom. The SMILES string of the molecule is NS(=O)(=O)c1cccc(CCCCOCCCCCCNC[C@H](O)c2ccc(O)c3[nH]c(=O)ccc23)c1. The molecule has 9 nitrogen and oxygen atoms in total. The number of nitrogens with two attached hydrogens (primary N) is 1. The van der Waals surface area contributed by atoms with Crippen LogP contribution in [-0.2, 0) is 21.2 Å². The summed E-state index contributed by atoms with van der Waals surface area (Å²) in [5.74, 6) is -0.0197. The maximum Gasteiger partial charge on any atom is 0.248 e. The maximum absolute atomic E-state index is 11.5. The van der Waals surface area contributed by atoms with E-state index in [4.69, 9.17) is 9.88 Å². The molecule has 2 aromatic carbocycles. The van der Waals surface area contributed by atoms with Gasteiger partial charge in [0.25, 0.3) is 0 Å². The molecule has 0 radical (unpaired) electrons. The number of aliphatic hydroxyl groups is 1. The van der Waals surface area contributed by atoms with E-state index in [2.05, 4.69) is 10.3 Å². The van der Waals surface area contributed by atoms with Crippen LogP contribution in [0, 0.1) is 0 Å². The van der Waals surface area contributed by atoms with Gasteiger partial charge in [-0.05, 0) is 74.0 Å². The number of aliphatic hydroxyl groups excluding tert-OH is 1. The number of aromatic amines is 1. The molecular formula is C27H37N3O6S. The van der Waals surface area contributed by atoms with Crippen LogP contribution in [0.3, 0.4) is 0 Å². The Morgan fingerprint density at radius 2 is 1.73 bits per heavy atom. The van der Waals surface area contributed by atoms with E-state index in [0.29, 0.717) is 29.6 Å². The van der Waals surface area contributed by atoms with E-state index in [1.54, 1.807) is 24.3 Å². The summed E-state index contributed by atoms with van der Waals surface area (Å²) < 4.78 is 28.6. The molecule has 0 aliphatic heterocycles. The van der Waals surface area contributed by atoms with Gasteiger partial charge in [0.2, 0.25) is 15.6 Å². The van der Waals surface area contributed by atoms with E-state index in [9.17, 15) is 23.4 Å². The number of benzene rings is 2. The lowest BCUT2D eigenvalue weighted by Crippen LogP contribution is -2.22. The van der Waals surface area contributed by atoms with Crippen molar-refractivity contribution < 1.29 is 23.4 Å². The molecule has 0 unspecified atom stereocenters. The first-order chi connectivity index (χ1) is 17.8. The number of aryl methyl sites for hydroxylation is 1. The Morgan fingerprint density at radius 1 is 0.973 bits per heavy atom. The number of phenols is 1. The zero-order valence-corrected chi connectivity index (χ0v) is 21.8. The van der Waals surface area contributed by atoms with Crippen molar-refractivity contribution >= 4 is 20.9 Å². The second-order valence-electron chi connectivity index (χ2n) is 9.18. The number of pyridine rings is 1. The summed E-state index contributed by atoms with van der Waals surface area (Å²) in [6, 6.07) is 12.9. The van der Waals surface area contributed by atoms with Crippen LogP contribution in [0.5, 0.6) is 5.75 Å². The molecule has 0 bridgehead atoms. The van der Waals surface area contributed by atoms with Crippen molar-refractivity contribution in [3.05, 3.63) is 70.0 Å². The standard InChI is InChI=1S/C27H37N3O6S/c28-37(34,35)21-10-7-9-20(18-21)8-3-6-17-36-16-5-2-1-4-15-29-19-25(32)22-11-13-24(31)27-23(22)12-14-26(33)30-27/h7,9-14,18,25,29,31-32H,1-6,8,15-17,19H2,(H,30,33)(H2,28,34,35)/t25-/m0/s1. The number of phenolic OH excluding ortho intramolecular Hbond substituents is 1. The molecule has 10 heteroatoms. The normalized spacial score (nSPS) is 12.7. The third-order valence-electron chi connectivity index (χ3n) is 6.23. The lowest BCUT2D eigenvalue weighted by molar-refractivity contribution is 0.126. The summed E-state index contributed by atoms with van der Waals surface area (Å²) in [5, 5.41) is 29.6. The molecule has 0 aliphatic rings. The topological polar surface area (TPSA) is 155 Å². The second-order valence-corrected chi connectivity index (χ2v) is 10.7. The fourth-order valence-electron chi connectivity index (χ4n) is 4.22. The first-order valence-electron chi connectivity index (χ1n) is 12.7. The number of fused-ring (bicyclic) bond motifs is 1. The van der Waals surface area contributed by atoms with Crippen LogP contribution in [-0.4, -0.2) is 49.9 Å². The van der Waals surface area contributed by atoms with Crippen molar-refractivity contribution in [2.24, 2.45) is 5.14 Å². The van der Waals surface area contributed by atoms with Crippen LogP contribution in [0.1, 0.15) is 55.8 Å². The predicted molar refractivity (Wildman–Crippen MR) is 144 cm³/mol. The number of nitrogens with one attached hydrogen (secondary N) is 2. The minimum Gasteiger partial charge on any atom is -0.506 e. The number of unbranched alkanes of at least 4 members (excludes halogenated alkanes) is 4. The van der Waals surface area contributed by atoms with Crippen molar-refractivity contribution in [3.63, 3.8) is 0 Å². The number of ether oxygens (including phenoxy) is 1. The molecular weight excluding hydrogens is 494 g/mol. The van der Waals surface area contributed by atoms with E-state index in [1.807, 2.05) is 6.07 Å². The number of primary sulfonamides is 1. The minimum absolute atomic E-state index is 0.0197. The van der Waals surface area contributed by atoms with Gasteiger partial charge in [0.1, 0.15) is 5.75 Å². The third-order valence-corrected chi connectivity index (χ3v) is 7.14. The third kappa shape index (κ3) is 9.24. The largest absolute Gasteiger partial charge is 0.506 e. The molecule has 1 atom stereocenters. The average molecular weight is 532 g/mol. The summed E-state index contributed by atoms with van der Waals surface area (Å²) in [5.41, 5.74) is 1.65. The van der Waals surface area contributed by atoms with Gasteiger partial charge in [-0.1, -0.05) is 31.0 Å². The van der Waals surface area contributed by atoms with Gasteiger partial charge in [0.15, 0.2) is 0 Å². The van der Waals surface area contributed by atoms with Gasteiger partial charge in [-0.25, -0.2) is 13.6 Å². The van der Waals surface area contributed by atoms with Crippen LogP contribution < -0.4 is 16.0 Å². The molecule has 0 saturated heterocycles. The Hall–Kier alpha value is -2.76. The first kappa shape index (κ1) is 28.8. The molecule has 3 rings (SSSR count). The Kier molecular flexibility index (Phi) is 11.1. The average Bonchev–Trinajstić information content (AvgIpc) is 2.87. The van der Waals surface area contributed by atoms with E-state index >= 15 is 0 Å². The monoisotopic (exact) mass is 531 g/mol. The van der Waals surface area contributed by atoms with Gasteiger partial charge in [0, 0.05) is 31.2 Å². The highest BCUT2D eigenvalue weighted by molar-refractivity contribution is 7.89. The molecule has 6 N–H and O–H groups in total. The first-order valence-corrected chi connectivity index (χ1v) is 14.2. The molecule has 37 heavy (non-hydrogen) atoms. The highest BCUT2D eigenvalue weighted by Crippen LogP contribution is 2.28. The quantitative estimate of drug-likeness (QED) is 0.178.